The predicted octanol–water partition coefficient (Wildman–Crippen LogP) is 1.95. The minimum absolute atomic E-state index is 0.257. The number of nitrogens with zero attached hydrogens (tertiary/aromatic N) is 4. The van der Waals surface area contributed by atoms with Crippen molar-refractivity contribution in [1.82, 2.24) is 25.0 Å². The molecule has 1 unspecified atom stereocenters. The molecular formula is C16H29N5. The van der Waals surface area contributed by atoms with Crippen molar-refractivity contribution < 1.29 is 0 Å². The van der Waals surface area contributed by atoms with Crippen molar-refractivity contribution in [3.8, 4) is 0 Å². The molecule has 5 heteroatoms. The lowest BCUT2D eigenvalue weighted by Crippen LogP contribution is -2.69. The Morgan fingerprint density at radius 2 is 2.05 bits per heavy atom. The maximum absolute atomic E-state index is 4.44. The van der Waals surface area contributed by atoms with Crippen LogP contribution in [-0.2, 0) is 13.6 Å². The van der Waals surface area contributed by atoms with E-state index in [0.717, 1.165) is 31.4 Å². The first kappa shape index (κ1) is 15.0. The minimum Gasteiger partial charge on any atom is -0.308 e. The van der Waals surface area contributed by atoms with Crippen LogP contribution in [0.25, 0.3) is 0 Å². The van der Waals surface area contributed by atoms with Crippen molar-refractivity contribution in [2.75, 3.05) is 13.1 Å². The predicted molar refractivity (Wildman–Crippen MR) is 83.9 cm³/mol. The zero-order chi connectivity index (χ0) is 15.1. The average Bonchev–Trinajstić information content (AvgIpc) is 3.28. The number of aromatic nitrogens is 3. The van der Waals surface area contributed by atoms with Gasteiger partial charge in [-0.2, -0.15) is 5.10 Å². The number of piperazine rings is 1. The molecule has 0 aromatic carbocycles. The third-order valence-electron chi connectivity index (χ3n) is 5.99. The molecule has 3 rings (SSSR count). The summed E-state index contributed by atoms with van der Waals surface area (Å²) < 4.78 is 1.91. The highest BCUT2D eigenvalue weighted by Crippen LogP contribution is 2.45. The summed E-state index contributed by atoms with van der Waals surface area (Å²) in [6.45, 7) is 10.2. The maximum atomic E-state index is 4.44. The fourth-order valence-electron chi connectivity index (χ4n) is 3.78. The molecule has 2 aliphatic rings. The summed E-state index contributed by atoms with van der Waals surface area (Å²) in [5, 5.41) is 8.11. The van der Waals surface area contributed by atoms with Crippen LogP contribution in [0, 0.1) is 5.92 Å². The smallest absolute Gasteiger partial charge is 0.140 e. The zero-order valence-corrected chi connectivity index (χ0v) is 13.9. The lowest BCUT2D eigenvalue weighted by molar-refractivity contribution is -0.0108. The summed E-state index contributed by atoms with van der Waals surface area (Å²) >= 11 is 0. The van der Waals surface area contributed by atoms with Crippen LogP contribution in [0.4, 0.5) is 0 Å². The van der Waals surface area contributed by atoms with Crippen molar-refractivity contribution in [3.05, 3.63) is 12.2 Å². The number of hydrogen-bond donors (Lipinski definition) is 1. The van der Waals surface area contributed by atoms with E-state index < -0.39 is 0 Å². The van der Waals surface area contributed by atoms with Crippen molar-refractivity contribution in [2.24, 2.45) is 13.0 Å². The number of rotatable bonds is 5. The lowest BCUT2D eigenvalue weighted by atomic mass is 9.82. The van der Waals surface area contributed by atoms with E-state index >= 15 is 0 Å². The molecule has 2 heterocycles. The third kappa shape index (κ3) is 2.61. The van der Waals surface area contributed by atoms with Crippen molar-refractivity contribution in [1.29, 1.82) is 0 Å². The largest absolute Gasteiger partial charge is 0.308 e. The monoisotopic (exact) mass is 291 g/mol. The van der Waals surface area contributed by atoms with Gasteiger partial charge in [0.15, 0.2) is 0 Å². The second-order valence-corrected chi connectivity index (χ2v) is 7.13. The second kappa shape index (κ2) is 5.36. The van der Waals surface area contributed by atoms with Crippen LogP contribution in [0.15, 0.2) is 6.33 Å². The molecule has 0 bridgehead atoms. The Hall–Kier alpha value is -0.940. The van der Waals surface area contributed by atoms with E-state index in [-0.39, 0.29) is 11.1 Å². The summed E-state index contributed by atoms with van der Waals surface area (Å²) in [7, 11) is 1.99. The molecule has 1 N–H and O–H groups in total. The summed E-state index contributed by atoms with van der Waals surface area (Å²) in [5.41, 5.74) is 0.521. The van der Waals surface area contributed by atoms with Crippen molar-refractivity contribution >= 4 is 0 Å². The van der Waals surface area contributed by atoms with Crippen LogP contribution >= 0.6 is 0 Å². The van der Waals surface area contributed by atoms with Gasteiger partial charge in [-0.15, -0.1) is 0 Å². The fraction of sp³-hybridized carbons (Fsp3) is 0.875. The molecule has 1 aromatic heterocycles. The van der Waals surface area contributed by atoms with Gasteiger partial charge in [-0.25, -0.2) is 4.98 Å². The van der Waals surface area contributed by atoms with Gasteiger partial charge in [0.2, 0.25) is 0 Å². The number of nitrogens with one attached hydrogen (secondary N) is 1. The molecule has 1 aliphatic carbocycles. The van der Waals surface area contributed by atoms with Crippen LogP contribution in [0.2, 0.25) is 0 Å². The standard InChI is InChI=1S/C16H29N5/c1-5-16(6-2)11-21(9-14-17-12-19-20(14)4)15(3,10-18-16)13-7-8-13/h12-13,18H,5-11H2,1-4H3. The molecule has 1 atom stereocenters. The van der Waals surface area contributed by atoms with Crippen LogP contribution in [0.1, 0.15) is 52.3 Å². The van der Waals surface area contributed by atoms with E-state index in [1.807, 2.05) is 11.7 Å². The van der Waals surface area contributed by atoms with Gasteiger partial charge in [0.25, 0.3) is 0 Å². The van der Waals surface area contributed by atoms with Gasteiger partial charge in [-0.3, -0.25) is 9.58 Å². The highest BCUT2D eigenvalue weighted by atomic mass is 15.4. The molecule has 118 valence electrons. The highest BCUT2D eigenvalue weighted by Gasteiger charge is 2.51. The minimum atomic E-state index is 0.257. The molecule has 0 amide bonds. The Morgan fingerprint density at radius 3 is 2.57 bits per heavy atom. The van der Waals surface area contributed by atoms with Gasteiger partial charge < -0.3 is 5.32 Å². The van der Waals surface area contributed by atoms with Gasteiger partial charge in [-0.1, -0.05) is 13.8 Å². The Kier molecular flexibility index (Phi) is 3.82. The summed E-state index contributed by atoms with van der Waals surface area (Å²) in [6, 6.07) is 0. The van der Waals surface area contributed by atoms with Crippen LogP contribution in [0.3, 0.4) is 0 Å². The molecule has 1 aliphatic heterocycles. The Bertz CT molecular complexity index is 489. The summed E-state index contributed by atoms with van der Waals surface area (Å²) in [4.78, 5) is 7.12. The maximum Gasteiger partial charge on any atom is 0.140 e. The van der Waals surface area contributed by atoms with E-state index in [4.69, 9.17) is 0 Å². The van der Waals surface area contributed by atoms with Crippen molar-refractivity contribution in [2.45, 2.75) is 64.1 Å². The summed E-state index contributed by atoms with van der Waals surface area (Å²) in [5.74, 6) is 1.91. The first-order valence-electron chi connectivity index (χ1n) is 8.36. The Morgan fingerprint density at radius 1 is 1.33 bits per heavy atom. The third-order valence-corrected chi connectivity index (χ3v) is 5.99. The van der Waals surface area contributed by atoms with Crippen LogP contribution in [0.5, 0.6) is 0 Å². The fourth-order valence-corrected chi connectivity index (χ4v) is 3.78. The van der Waals surface area contributed by atoms with Gasteiger partial charge in [-0.05, 0) is 38.5 Å². The lowest BCUT2D eigenvalue weighted by Gasteiger charge is -2.53. The van der Waals surface area contributed by atoms with E-state index in [1.165, 1.54) is 25.7 Å². The van der Waals surface area contributed by atoms with Crippen molar-refractivity contribution in [3.63, 3.8) is 0 Å². The van der Waals surface area contributed by atoms with E-state index in [9.17, 15) is 0 Å². The molecule has 2 fully saturated rings. The normalized spacial score (nSPS) is 29.7. The molecule has 21 heavy (non-hydrogen) atoms. The second-order valence-electron chi connectivity index (χ2n) is 7.13. The highest BCUT2D eigenvalue weighted by molar-refractivity contribution is 5.09. The van der Waals surface area contributed by atoms with Gasteiger partial charge in [0.1, 0.15) is 12.2 Å². The molecule has 1 saturated heterocycles. The summed E-state index contributed by atoms with van der Waals surface area (Å²) in [6.07, 6.45) is 6.77. The van der Waals surface area contributed by atoms with Gasteiger partial charge >= 0.3 is 0 Å². The first-order chi connectivity index (χ1) is 10.0. The van der Waals surface area contributed by atoms with E-state index in [2.05, 4.69) is 41.1 Å². The van der Waals surface area contributed by atoms with Gasteiger partial charge in [0.05, 0.1) is 6.54 Å². The Labute approximate surface area is 128 Å². The molecule has 5 nitrogen and oxygen atoms in total. The molecule has 0 radical (unpaired) electrons. The quantitative estimate of drug-likeness (QED) is 0.900. The molecule has 0 spiro atoms. The molecular weight excluding hydrogens is 262 g/mol. The SMILES string of the molecule is CCC1(CC)CN(Cc2ncnn2C)C(C)(C2CC2)CN1. The van der Waals surface area contributed by atoms with E-state index in [1.54, 1.807) is 6.33 Å². The van der Waals surface area contributed by atoms with Crippen LogP contribution in [-0.4, -0.2) is 43.8 Å². The number of aryl methyl sites for hydroxylation is 1. The molecule has 1 aromatic rings. The average molecular weight is 291 g/mol. The topological polar surface area (TPSA) is 46.0 Å². The molecule has 1 saturated carbocycles. The van der Waals surface area contributed by atoms with Gasteiger partial charge in [0, 0.05) is 31.2 Å². The van der Waals surface area contributed by atoms with E-state index in [0.29, 0.717) is 0 Å². The van der Waals surface area contributed by atoms with Crippen LogP contribution < -0.4 is 5.32 Å². The first-order valence-corrected chi connectivity index (χ1v) is 8.36. The number of hydrogen-bond acceptors (Lipinski definition) is 4. The Balaban J connectivity index is 1.84. The zero-order valence-electron chi connectivity index (χ0n) is 13.9.